The smallest absolute Gasteiger partial charge is 0.00989 e. The van der Waals surface area contributed by atoms with Crippen LogP contribution < -0.4 is 0 Å². The number of hydrogen-bond acceptors (Lipinski definition) is 0. The van der Waals surface area contributed by atoms with Gasteiger partial charge in [-0.2, -0.15) is 0 Å². The molecule has 4 aromatic carbocycles. The largest absolute Gasteiger partial charge is 0.0870 e. The van der Waals surface area contributed by atoms with E-state index in [1.165, 1.54) is 66.1 Å². The van der Waals surface area contributed by atoms with E-state index in [-0.39, 0.29) is 10.8 Å². The highest BCUT2D eigenvalue weighted by Crippen LogP contribution is 2.40. The summed E-state index contributed by atoms with van der Waals surface area (Å²) >= 11 is 0. The van der Waals surface area contributed by atoms with Crippen molar-refractivity contribution < 1.29 is 0 Å². The minimum atomic E-state index is 0.105. The van der Waals surface area contributed by atoms with Crippen LogP contribution in [-0.2, 0) is 10.8 Å². The van der Waals surface area contributed by atoms with Crippen molar-refractivity contribution >= 4 is 33.2 Å². The molecule has 0 saturated carbocycles. The van der Waals surface area contributed by atoms with Crippen molar-refractivity contribution in [2.24, 2.45) is 0 Å². The minimum Gasteiger partial charge on any atom is -0.0870 e. The number of aryl methyl sites for hydroxylation is 1. The van der Waals surface area contributed by atoms with E-state index in [0.717, 1.165) is 6.42 Å². The normalized spacial score (nSPS) is 13.6. The molecule has 0 saturated heterocycles. The number of hydrogen-bond donors (Lipinski definition) is 0. The van der Waals surface area contributed by atoms with Crippen LogP contribution in [0.3, 0.4) is 0 Å². The number of fused-ring (bicyclic) bond motifs is 3. The molecule has 0 amide bonds. The van der Waals surface area contributed by atoms with Crippen LogP contribution in [0.2, 0.25) is 0 Å². The first-order chi connectivity index (χ1) is 17.4. The van der Waals surface area contributed by atoms with Crippen LogP contribution in [0.1, 0.15) is 102 Å². The van der Waals surface area contributed by atoms with Gasteiger partial charge in [-0.05, 0) is 98.5 Å². The lowest BCUT2D eigenvalue weighted by Crippen LogP contribution is -2.12. The SMILES string of the molecule is CC=Cc1c(C(=C(C)CC)c2cc(C(C)(C)C)ccc2C)ccc2c1ccc1cc(C(C)(C)C)ccc12. The molecule has 0 aliphatic carbocycles. The van der Waals surface area contributed by atoms with E-state index in [1.54, 1.807) is 0 Å². The molecule has 0 spiro atoms. The average molecular weight is 489 g/mol. The lowest BCUT2D eigenvalue weighted by Gasteiger charge is -2.24. The standard InChI is InChI=1S/C37H44/c1-11-13-30-32-18-15-26-22-27(36(5,6)7)17-19-29(26)31(32)20-21-33(30)35(24(3)12-2)34-23-28(37(8,9)10)16-14-25(34)4/h11,13-23H,12H2,1-10H3. The second kappa shape index (κ2) is 9.97. The topological polar surface area (TPSA) is 0 Å². The summed E-state index contributed by atoms with van der Waals surface area (Å²) in [5, 5.41) is 5.28. The second-order valence-electron chi connectivity index (χ2n) is 12.7. The van der Waals surface area contributed by atoms with Crippen molar-refractivity contribution in [2.45, 2.75) is 86.5 Å². The summed E-state index contributed by atoms with van der Waals surface area (Å²) in [6, 6.07) is 23.4. The van der Waals surface area contributed by atoms with Crippen LogP contribution in [0.4, 0.5) is 0 Å². The average Bonchev–Trinajstić information content (AvgIpc) is 2.84. The molecular weight excluding hydrogens is 444 g/mol. The van der Waals surface area contributed by atoms with Gasteiger partial charge in [-0.1, -0.05) is 127 Å². The molecule has 0 heterocycles. The molecule has 0 bridgehead atoms. The minimum absolute atomic E-state index is 0.105. The Morgan fingerprint density at radius 2 is 1.30 bits per heavy atom. The fraction of sp³-hybridized carbons (Fsp3) is 0.351. The molecule has 0 nitrogen and oxygen atoms in total. The zero-order valence-electron chi connectivity index (χ0n) is 24.6. The fourth-order valence-corrected chi connectivity index (χ4v) is 5.34. The third kappa shape index (κ3) is 5.17. The summed E-state index contributed by atoms with van der Waals surface area (Å²) in [6.45, 7) is 22.7. The van der Waals surface area contributed by atoms with E-state index >= 15 is 0 Å². The molecule has 0 N–H and O–H groups in total. The first kappa shape index (κ1) is 26.9. The summed E-state index contributed by atoms with van der Waals surface area (Å²) in [5.74, 6) is 0. The molecule has 0 radical (unpaired) electrons. The molecule has 0 aliphatic heterocycles. The Bertz CT molecular complexity index is 1520. The van der Waals surface area contributed by atoms with Gasteiger partial charge < -0.3 is 0 Å². The van der Waals surface area contributed by atoms with Crippen molar-refractivity contribution in [2.75, 3.05) is 0 Å². The Morgan fingerprint density at radius 1 is 0.703 bits per heavy atom. The molecule has 0 heteroatoms. The van der Waals surface area contributed by atoms with Gasteiger partial charge in [0.1, 0.15) is 0 Å². The zero-order valence-corrected chi connectivity index (χ0v) is 24.6. The maximum absolute atomic E-state index is 2.43. The van der Waals surface area contributed by atoms with E-state index in [4.69, 9.17) is 0 Å². The Kier molecular flexibility index (Phi) is 7.26. The van der Waals surface area contributed by atoms with Gasteiger partial charge in [0.15, 0.2) is 0 Å². The number of rotatable bonds is 4. The van der Waals surface area contributed by atoms with Crippen LogP contribution in [0.5, 0.6) is 0 Å². The molecule has 0 aromatic heterocycles. The van der Waals surface area contributed by atoms with Crippen molar-refractivity contribution in [1.29, 1.82) is 0 Å². The molecule has 0 fully saturated rings. The first-order valence-corrected chi connectivity index (χ1v) is 13.8. The van der Waals surface area contributed by atoms with E-state index in [1.807, 2.05) is 0 Å². The van der Waals surface area contributed by atoms with Crippen LogP contribution in [-0.4, -0.2) is 0 Å². The van der Waals surface area contributed by atoms with E-state index < -0.39 is 0 Å². The maximum atomic E-state index is 2.43. The Morgan fingerprint density at radius 3 is 1.92 bits per heavy atom. The Balaban J connectivity index is 2.04. The van der Waals surface area contributed by atoms with Gasteiger partial charge in [0.25, 0.3) is 0 Å². The Labute approximate surface area is 225 Å². The monoisotopic (exact) mass is 488 g/mol. The highest BCUT2D eigenvalue weighted by molar-refractivity contribution is 6.12. The molecule has 4 aromatic rings. The van der Waals surface area contributed by atoms with Gasteiger partial charge in [-0.25, -0.2) is 0 Å². The van der Waals surface area contributed by atoms with Crippen LogP contribution >= 0.6 is 0 Å². The summed E-state index contributed by atoms with van der Waals surface area (Å²) in [4.78, 5) is 0. The highest BCUT2D eigenvalue weighted by atomic mass is 14.2. The third-order valence-electron chi connectivity index (χ3n) is 7.86. The van der Waals surface area contributed by atoms with Gasteiger partial charge >= 0.3 is 0 Å². The maximum Gasteiger partial charge on any atom is -0.00989 e. The van der Waals surface area contributed by atoms with Gasteiger partial charge in [0.2, 0.25) is 0 Å². The van der Waals surface area contributed by atoms with Crippen LogP contribution in [0.15, 0.2) is 72.3 Å². The third-order valence-corrected chi connectivity index (χ3v) is 7.86. The highest BCUT2D eigenvalue weighted by Gasteiger charge is 2.21. The zero-order chi connectivity index (χ0) is 27.1. The summed E-state index contributed by atoms with van der Waals surface area (Å²) in [7, 11) is 0. The molecule has 0 atom stereocenters. The molecular formula is C37H44. The summed E-state index contributed by atoms with van der Waals surface area (Å²) in [5.41, 5.74) is 11.1. The van der Waals surface area contributed by atoms with Crippen molar-refractivity contribution in [3.8, 4) is 0 Å². The van der Waals surface area contributed by atoms with E-state index in [2.05, 4.69) is 142 Å². The predicted molar refractivity (Wildman–Crippen MR) is 167 cm³/mol. The number of allylic oxidation sites excluding steroid dienone is 2. The Hall–Kier alpha value is -3.12. The predicted octanol–water partition coefficient (Wildman–Crippen LogP) is 11.2. The second-order valence-corrected chi connectivity index (χ2v) is 12.7. The first-order valence-electron chi connectivity index (χ1n) is 13.8. The number of benzene rings is 4. The fourth-order valence-electron chi connectivity index (χ4n) is 5.34. The molecule has 0 aliphatic rings. The van der Waals surface area contributed by atoms with Crippen LogP contribution in [0.25, 0.3) is 33.2 Å². The summed E-state index contributed by atoms with van der Waals surface area (Å²) in [6.07, 6.45) is 5.51. The van der Waals surface area contributed by atoms with Crippen molar-refractivity contribution in [3.63, 3.8) is 0 Å². The van der Waals surface area contributed by atoms with Gasteiger partial charge in [-0.15, -0.1) is 0 Å². The van der Waals surface area contributed by atoms with Gasteiger partial charge in [-0.3, -0.25) is 0 Å². The van der Waals surface area contributed by atoms with E-state index in [9.17, 15) is 0 Å². The molecule has 4 rings (SSSR count). The van der Waals surface area contributed by atoms with Gasteiger partial charge in [0.05, 0.1) is 0 Å². The van der Waals surface area contributed by atoms with Crippen molar-refractivity contribution in [1.82, 2.24) is 0 Å². The lowest BCUT2D eigenvalue weighted by atomic mass is 9.80. The van der Waals surface area contributed by atoms with E-state index in [0.29, 0.717) is 0 Å². The lowest BCUT2D eigenvalue weighted by molar-refractivity contribution is 0.590. The molecule has 0 unspecified atom stereocenters. The van der Waals surface area contributed by atoms with Crippen molar-refractivity contribution in [3.05, 3.63) is 106 Å². The van der Waals surface area contributed by atoms with Gasteiger partial charge in [0, 0.05) is 0 Å². The molecule has 37 heavy (non-hydrogen) atoms. The molecule has 192 valence electrons. The summed E-state index contributed by atoms with van der Waals surface area (Å²) < 4.78 is 0. The van der Waals surface area contributed by atoms with Crippen LogP contribution in [0, 0.1) is 6.92 Å². The quantitative estimate of drug-likeness (QED) is 0.251.